The number of ketones is 1. The zero-order valence-electron chi connectivity index (χ0n) is 26.2. The van der Waals surface area contributed by atoms with Crippen molar-refractivity contribution < 1.29 is 24.2 Å². The number of nitrogens with zero attached hydrogens (tertiary/aromatic N) is 4. The van der Waals surface area contributed by atoms with Gasteiger partial charge in [0, 0.05) is 29.2 Å². The number of allylic oxidation sites excluding steroid dienone is 3. The van der Waals surface area contributed by atoms with Crippen molar-refractivity contribution in [3.8, 4) is 0 Å². The molecule has 3 aliphatic rings. The van der Waals surface area contributed by atoms with Gasteiger partial charge in [-0.2, -0.15) is 0 Å². The predicted octanol–water partition coefficient (Wildman–Crippen LogP) is 5.77. The normalized spacial score (nSPS) is 18.8. The number of aliphatic carboxylic acids is 1. The molecule has 2 aliphatic heterocycles. The molecule has 3 aromatic heterocycles. The Hall–Kier alpha value is -4.28. The van der Waals surface area contributed by atoms with Crippen LogP contribution < -0.4 is 9.97 Å². The molecule has 224 valence electrons. The van der Waals surface area contributed by atoms with E-state index in [0.29, 0.717) is 44.6 Å². The van der Waals surface area contributed by atoms with Crippen molar-refractivity contribution in [1.29, 1.82) is 0 Å². The van der Waals surface area contributed by atoms with Gasteiger partial charge in [0.15, 0.2) is 5.78 Å². The summed E-state index contributed by atoms with van der Waals surface area (Å²) in [5.41, 5.74) is 10.2. The Morgan fingerprint density at radius 2 is 1.73 bits per heavy atom. The van der Waals surface area contributed by atoms with Crippen LogP contribution in [0.5, 0.6) is 0 Å². The number of esters is 1. The van der Waals surface area contributed by atoms with Gasteiger partial charge in [0.05, 0.1) is 24.2 Å². The van der Waals surface area contributed by atoms with Gasteiger partial charge >= 0.3 is 35.0 Å². The number of aryl methyl sites for hydroxylation is 2. The smallest absolute Gasteiger partial charge is 0.657 e. The SMILES string of the molecule is C=Cc1c(C)c2cc3nc(c4c5[n-]c(cc6nc(cc1[n-]2)C(C)=C6CC)c(C)c5C(=O)[C@@H]4C(=O)OC)[C@@H](/C=C\C(=O)O)[C@@H]3C.[Mg+2]. The van der Waals surface area contributed by atoms with Crippen molar-refractivity contribution in [2.75, 3.05) is 7.11 Å². The Bertz CT molecular complexity index is 2050. The van der Waals surface area contributed by atoms with Gasteiger partial charge in [0.25, 0.3) is 0 Å². The van der Waals surface area contributed by atoms with Gasteiger partial charge in [-0.15, -0.1) is 22.1 Å². The quantitative estimate of drug-likeness (QED) is 0.165. The summed E-state index contributed by atoms with van der Waals surface area (Å²) in [5, 5.41) is 9.50. The molecule has 0 saturated heterocycles. The third-order valence-electron chi connectivity index (χ3n) is 9.09. The Kier molecular flexibility index (Phi) is 8.50. The number of carboxylic acid groups (broad SMARTS) is 1. The van der Waals surface area contributed by atoms with Crippen LogP contribution in [-0.4, -0.2) is 63.0 Å². The minimum atomic E-state index is -1.26. The minimum absolute atomic E-state index is 0. The second kappa shape index (κ2) is 11.9. The fourth-order valence-electron chi connectivity index (χ4n) is 6.66. The number of aromatic nitrogens is 4. The fourth-order valence-corrected chi connectivity index (χ4v) is 6.66. The van der Waals surface area contributed by atoms with E-state index in [0.717, 1.165) is 51.7 Å². The Morgan fingerprint density at radius 1 is 1.04 bits per heavy atom. The van der Waals surface area contributed by atoms with Crippen LogP contribution in [0.3, 0.4) is 0 Å². The number of fused-ring (bicyclic) bond motifs is 8. The van der Waals surface area contributed by atoms with Gasteiger partial charge in [-0.3, -0.25) is 14.6 Å². The maximum Gasteiger partial charge on any atom is 2.00 e. The first-order valence-corrected chi connectivity index (χ1v) is 14.5. The molecule has 10 heteroatoms. The second-order valence-electron chi connectivity index (χ2n) is 11.4. The first-order valence-electron chi connectivity index (χ1n) is 14.5. The summed E-state index contributed by atoms with van der Waals surface area (Å²) in [4.78, 5) is 58.6. The topological polar surface area (TPSA) is 135 Å². The van der Waals surface area contributed by atoms with Gasteiger partial charge in [-0.05, 0) is 49.5 Å². The average molecular weight is 613 g/mol. The Balaban J connectivity index is 0.00000400. The van der Waals surface area contributed by atoms with Crippen LogP contribution in [0.4, 0.5) is 0 Å². The first kappa shape index (κ1) is 32.1. The first-order chi connectivity index (χ1) is 21.0. The third-order valence-corrected chi connectivity index (χ3v) is 9.09. The number of rotatable bonds is 5. The molecule has 0 spiro atoms. The van der Waals surface area contributed by atoms with Gasteiger partial charge < -0.3 is 19.8 Å². The molecule has 1 aliphatic carbocycles. The maximum absolute atomic E-state index is 13.9. The van der Waals surface area contributed by atoms with Crippen LogP contribution in [0.2, 0.25) is 0 Å². The number of hydrogen-bond acceptors (Lipinski definition) is 6. The van der Waals surface area contributed by atoms with Crippen molar-refractivity contribution >= 4 is 80.1 Å². The molecule has 45 heavy (non-hydrogen) atoms. The summed E-state index contributed by atoms with van der Waals surface area (Å²) in [7, 11) is 1.24. The van der Waals surface area contributed by atoms with E-state index in [1.807, 2.05) is 45.9 Å². The van der Waals surface area contributed by atoms with Crippen LogP contribution in [0, 0.1) is 13.8 Å². The number of carbonyl (C=O) groups is 3. The largest absolute Gasteiger partial charge is 2.00 e. The summed E-state index contributed by atoms with van der Waals surface area (Å²) in [6.45, 7) is 13.9. The van der Waals surface area contributed by atoms with Crippen LogP contribution in [0.15, 0.2) is 36.9 Å². The summed E-state index contributed by atoms with van der Waals surface area (Å²) < 4.78 is 5.10. The summed E-state index contributed by atoms with van der Waals surface area (Å²) in [6.07, 6.45) is 5.14. The van der Waals surface area contributed by atoms with Crippen LogP contribution >= 0.6 is 0 Å². The van der Waals surface area contributed by atoms with Crippen molar-refractivity contribution in [3.63, 3.8) is 0 Å². The number of ether oxygens (including phenoxy) is 1. The van der Waals surface area contributed by atoms with E-state index in [1.165, 1.54) is 7.11 Å². The number of hydrogen-bond donors (Lipinski definition) is 1. The average Bonchev–Trinajstić information content (AvgIpc) is 3.72. The molecule has 0 fully saturated rings. The van der Waals surface area contributed by atoms with E-state index in [2.05, 4.69) is 13.5 Å². The van der Waals surface area contributed by atoms with Gasteiger partial charge in [-0.1, -0.05) is 61.9 Å². The van der Waals surface area contributed by atoms with E-state index >= 15 is 0 Å². The van der Waals surface area contributed by atoms with Crippen LogP contribution in [-0.2, 0) is 14.3 Å². The molecule has 5 heterocycles. The molecule has 3 aromatic rings. The molecule has 0 saturated carbocycles. The monoisotopic (exact) mass is 612 g/mol. The van der Waals surface area contributed by atoms with E-state index < -0.39 is 29.6 Å². The Labute approximate surface area is 276 Å². The van der Waals surface area contributed by atoms with Gasteiger partial charge in [0.2, 0.25) is 0 Å². The van der Waals surface area contributed by atoms with E-state index in [4.69, 9.17) is 24.7 Å². The number of methoxy groups -OCH3 is 1. The zero-order chi connectivity index (χ0) is 31.6. The molecule has 0 radical (unpaired) electrons. The zero-order valence-corrected chi connectivity index (χ0v) is 27.6. The van der Waals surface area contributed by atoms with Crippen molar-refractivity contribution in [2.24, 2.45) is 0 Å². The Morgan fingerprint density at radius 3 is 2.38 bits per heavy atom. The van der Waals surface area contributed by atoms with Crippen molar-refractivity contribution in [1.82, 2.24) is 19.9 Å². The molecule has 1 N–H and O–H groups in total. The molecule has 0 unspecified atom stereocenters. The van der Waals surface area contributed by atoms with E-state index in [1.54, 1.807) is 12.2 Å². The number of carbonyl (C=O) groups excluding carboxylic acids is 2. The molecular weight excluding hydrogens is 581 g/mol. The van der Waals surface area contributed by atoms with E-state index in [9.17, 15) is 19.5 Å². The van der Waals surface area contributed by atoms with Crippen molar-refractivity contribution in [2.45, 2.75) is 58.8 Å². The van der Waals surface area contributed by atoms with Crippen LogP contribution in [0.1, 0.15) is 100 Å². The molecule has 0 amide bonds. The summed E-state index contributed by atoms with van der Waals surface area (Å²) in [5.74, 6) is -4.35. The summed E-state index contributed by atoms with van der Waals surface area (Å²) >= 11 is 0. The molecular formula is C35H32MgN4O5. The molecule has 0 aromatic carbocycles. The fraction of sp³-hybridized carbons (Fsp3) is 0.286. The molecule has 9 nitrogen and oxygen atoms in total. The van der Waals surface area contributed by atoms with E-state index in [-0.39, 0.29) is 29.0 Å². The standard InChI is InChI=1S/C35H34N4O5.Mg/c1-8-19-15(3)22-12-24-17(5)21(10-11-28(40)41)32(38-24)30-31(35(43)44-7)34(42)29-18(6)25(39-33(29)30)14-27-20(9-2)16(4)23(37-27)13-26(19)36-22;/h8,10-14,17,21,31H,1,9H2,2-7H3,(H3,36,37,38,39,40,41,42);/q;+2/p-2/b11-10-;/t17-,21-,31+;/m0./s1. The second-order valence-corrected chi connectivity index (χ2v) is 11.4. The number of Topliss-reactive ketones (excluding diaryl/α,β-unsaturated/α-hetero) is 1. The minimum Gasteiger partial charge on any atom is -0.657 e. The predicted molar refractivity (Wildman–Crippen MR) is 174 cm³/mol. The number of carboxylic acids is 1. The van der Waals surface area contributed by atoms with Crippen molar-refractivity contribution in [3.05, 3.63) is 87.5 Å². The summed E-state index contributed by atoms with van der Waals surface area (Å²) in [6, 6.07) is 5.74. The molecule has 3 atom stereocenters. The van der Waals surface area contributed by atoms with Gasteiger partial charge in [-0.25, -0.2) is 9.78 Å². The third kappa shape index (κ3) is 4.96. The van der Waals surface area contributed by atoms with Crippen LogP contribution in [0.25, 0.3) is 39.3 Å². The van der Waals surface area contributed by atoms with Gasteiger partial charge in [0.1, 0.15) is 5.92 Å². The maximum atomic E-state index is 13.9. The molecule has 8 bridgehead atoms. The molecule has 6 rings (SSSR count).